The van der Waals surface area contributed by atoms with E-state index >= 15 is 0 Å². The predicted molar refractivity (Wildman–Crippen MR) is 76.3 cm³/mol. The van der Waals surface area contributed by atoms with E-state index in [0.717, 1.165) is 0 Å². The number of hydrogen-bond donors (Lipinski definition) is 1. The lowest BCUT2D eigenvalue weighted by Crippen LogP contribution is -2.52. The molecule has 0 radical (unpaired) electrons. The normalized spacial score (nSPS) is 24.8. The van der Waals surface area contributed by atoms with E-state index in [4.69, 9.17) is 9.47 Å². The molecule has 1 aliphatic heterocycles. The zero-order valence-corrected chi connectivity index (χ0v) is 12.3. The van der Waals surface area contributed by atoms with Gasteiger partial charge in [-0.2, -0.15) is 0 Å². The Hall–Kier alpha value is -2.05. The SMILES string of the molecule is CC(=O)C[C@]1(O)CO[C@H](COC(=O)c2ccccc2)CC1=O. The van der Waals surface area contributed by atoms with Gasteiger partial charge in [0, 0.05) is 12.8 Å². The van der Waals surface area contributed by atoms with E-state index in [1.54, 1.807) is 30.3 Å². The molecule has 2 rings (SSSR count). The number of benzene rings is 1. The molecule has 2 atom stereocenters. The lowest BCUT2D eigenvalue weighted by Gasteiger charge is -2.33. The van der Waals surface area contributed by atoms with Crippen molar-refractivity contribution in [2.75, 3.05) is 13.2 Å². The molecule has 1 heterocycles. The highest BCUT2D eigenvalue weighted by atomic mass is 16.6. The van der Waals surface area contributed by atoms with Crippen molar-refractivity contribution in [3.8, 4) is 0 Å². The second-order valence-electron chi connectivity index (χ2n) is 5.44. The Morgan fingerprint density at radius 1 is 1.36 bits per heavy atom. The van der Waals surface area contributed by atoms with Gasteiger partial charge in [0.2, 0.25) is 0 Å². The van der Waals surface area contributed by atoms with Crippen LogP contribution in [0.15, 0.2) is 30.3 Å². The fourth-order valence-electron chi connectivity index (χ4n) is 2.29. The minimum atomic E-state index is -1.76. The van der Waals surface area contributed by atoms with E-state index in [-0.39, 0.29) is 31.8 Å². The molecule has 0 saturated carbocycles. The summed E-state index contributed by atoms with van der Waals surface area (Å²) in [5.74, 6) is -1.25. The van der Waals surface area contributed by atoms with Gasteiger partial charge >= 0.3 is 5.97 Å². The van der Waals surface area contributed by atoms with Gasteiger partial charge in [-0.05, 0) is 19.1 Å². The molecule has 0 bridgehead atoms. The molecular weight excluding hydrogens is 288 g/mol. The first-order chi connectivity index (χ1) is 10.4. The summed E-state index contributed by atoms with van der Waals surface area (Å²) in [5.41, 5.74) is -1.34. The first-order valence-electron chi connectivity index (χ1n) is 6.99. The molecule has 0 unspecified atom stereocenters. The third-order valence-electron chi connectivity index (χ3n) is 3.44. The summed E-state index contributed by atoms with van der Waals surface area (Å²) < 4.78 is 10.5. The van der Waals surface area contributed by atoms with Crippen LogP contribution in [-0.4, -0.2) is 47.6 Å². The fourth-order valence-corrected chi connectivity index (χ4v) is 2.29. The van der Waals surface area contributed by atoms with Crippen molar-refractivity contribution in [3.63, 3.8) is 0 Å². The Morgan fingerprint density at radius 3 is 2.64 bits per heavy atom. The van der Waals surface area contributed by atoms with Crippen LogP contribution >= 0.6 is 0 Å². The van der Waals surface area contributed by atoms with Crippen molar-refractivity contribution < 1.29 is 29.0 Å². The van der Waals surface area contributed by atoms with Gasteiger partial charge in [0.25, 0.3) is 0 Å². The van der Waals surface area contributed by atoms with Crippen LogP contribution in [0.5, 0.6) is 0 Å². The van der Waals surface area contributed by atoms with Crippen LogP contribution in [0.2, 0.25) is 0 Å². The van der Waals surface area contributed by atoms with E-state index in [1.807, 2.05) is 0 Å². The molecule has 0 amide bonds. The van der Waals surface area contributed by atoms with E-state index < -0.39 is 23.5 Å². The van der Waals surface area contributed by atoms with Crippen LogP contribution in [0.4, 0.5) is 0 Å². The molecule has 0 aromatic heterocycles. The van der Waals surface area contributed by atoms with Crippen LogP contribution in [-0.2, 0) is 19.1 Å². The number of rotatable bonds is 5. The molecule has 1 aliphatic rings. The maximum absolute atomic E-state index is 12.0. The van der Waals surface area contributed by atoms with E-state index in [9.17, 15) is 19.5 Å². The molecule has 22 heavy (non-hydrogen) atoms. The summed E-state index contributed by atoms with van der Waals surface area (Å²) in [5, 5.41) is 10.1. The molecule has 6 heteroatoms. The third-order valence-corrected chi connectivity index (χ3v) is 3.44. The smallest absolute Gasteiger partial charge is 0.338 e. The van der Waals surface area contributed by atoms with Crippen LogP contribution < -0.4 is 0 Å². The number of carbonyl (C=O) groups excluding carboxylic acids is 3. The second-order valence-corrected chi connectivity index (χ2v) is 5.44. The summed E-state index contributed by atoms with van der Waals surface area (Å²) in [6.07, 6.45) is -0.957. The second kappa shape index (κ2) is 6.81. The number of Topliss-reactive ketones (excluding diaryl/α,β-unsaturated/α-hetero) is 2. The van der Waals surface area contributed by atoms with Crippen LogP contribution in [0.1, 0.15) is 30.1 Å². The Balaban J connectivity index is 1.85. The lowest BCUT2D eigenvalue weighted by molar-refractivity contribution is -0.169. The highest BCUT2D eigenvalue weighted by molar-refractivity contribution is 5.93. The monoisotopic (exact) mass is 306 g/mol. The van der Waals surface area contributed by atoms with Crippen molar-refractivity contribution in [1.82, 2.24) is 0 Å². The fraction of sp³-hybridized carbons (Fsp3) is 0.438. The maximum Gasteiger partial charge on any atom is 0.338 e. The summed E-state index contributed by atoms with van der Waals surface area (Å²) in [6.45, 7) is 0.966. The predicted octanol–water partition coefficient (Wildman–Crippen LogP) is 0.912. The van der Waals surface area contributed by atoms with Crippen LogP contribution in [0, 0.1) is 0 Å². The van der Waals surface area contributed by atoms with Crippen molar-refractivity contribution in [1.29, 1.82) is 0 Å². The van der Waals surface area contributed by atoms with Gasteiger partial charge in [-0.3, -0.25) is 9.59 Å². The van der Waals surface area contributed by atoms with Gasteiger partial charge in [-0.1, -0.05) is 18.2 Å². The van der Waals surface area contributed by atoms with Gasteiger partial charge in [0.05, 0.1) is 18.3 Å². The van der Waals surface area contributed by atoms with Crippen molar-refractivity contribution in [2.24, 2.45) is 0 Å². The Morgan fingerprint density at radius 2 is 2.05 bits per heavy atom. The molecule has 1 aromatic carbocycles. The number of carbonyl (C=O) groups is 3. The number of hydrogen-bond acceptors (Lipinski definition) is 6. The van der Waals surface area contributed by atoms with Gasteiger partial charge in [-0.25, -0.2) is 4.79 Å². The van der Waals surface area contributed by atoms with Gasteiger partial charge in [0.15, 0.2) is 11.4 Å². The van der Waals surface area contributed by atoms with Crippen molar-refractivity contribution in [2.45, 2.75) is 31.5 Å². The molecule has 0 spiro atoms. The third kappa shape index (κ3) is 3.99. The Kier molecular flexibility index (Phi) is 5.05. The number of ether oxygens (including phenoxy) is 2. The first kappa shape index (κ1) is 16.3. The van der Waals surface area contributed by atoms with Crippen molar-refractivity contribution in [3.05, 3.63) is 35.9 Å². The molecule has 1 N–H and O–H groups in total. The lowest BCUT2D eigenvalue weighted by atomic mass is 9.88. The quantitative estimate of drug-likeness (QED) is 0.813. The topological polar surface area (TPSA) is 89.9 Å². The first-order valence-corrected chi connectivity index (χ1v) is 6.99. The number of esters is 1. The Labute approximate surface area is 128 Å². The maximum atomic E-state index is 12.0. The van der Waals surface area contributed by atoms with E-state index in [1.165, 1.54) is 6.92 Å². The summed E-state index contributed by atoms with van der Waals surface area (Å²) in [4.78, 5) is 34.8. The van der Waals surface area contributed by atoms with Gasteiger partial charge in [0.1, 0.15) is 12.4 Å². The molecule has 1 fully saturated rings. The standard InChI is InChI=1S/C16H18O6/c1-11(17)8-16(20)10-22-13(7-14(16)18)9-21-15(19)12-5-3-2-4-6-12/h2-6,13,20H,7-10H2,1H3/t13-,16-/m0/s1. The van der Waals surface area contributed by atoms with Crippen molar-refractivity contribution >= 4 is 17.5 Å². The average Bonchev–Trinajstić information content (AvgIpc) is 2.48. The molecular formula is C16H18O6. The molecule has 118 valence electrons. The zero-order chi connectivity index (χ0) is 16.2. The summed E-state index contributed by atoms with van der Waals surface area (Å²) in [7, 11) is 0. The van der Waals surface area contributed by atoms with Gasteiger partial charge in [-0.15, -0.1) is 0 Å². The Bertz CT molecular complexity index is 567. The highest BCUT2D eigenvalue weighted by Gasteiger charge is 2.43. The number of aliphatic hydroxyl groups is 1. The minimum Gasteiger partial charge on any atom is -0.459 e. The van der Waals surface area contributed by atoms with Crippen LogP contribution in [0.3, 0.4) is 0 Å². The highest BCUT2D eigenvalue weighted by Crippen LogP contribution is 2.23. The summed E-state index contributed by atoms with van der Waals surface area (Å²) in [6, 6.07) is 8.48. The zero-order valence-electron chi connectivity index (χ0n) is 12.3. The average molecular weight is 306 g/mol. The molecule has 0 aliphatic carbocycles. The van der Waals surface area contributed by atoms with Gasteiger partial charge < -0.3 is 14.6 Å². The molecule has 1 saturated heterocycles. The molecule has 6 nitrogen and oxygen atoms in total. The van der Waals surface area contributed by atoms with E-state index in [2.05, 4.69) is 0 Å². The minimum absolute atomic E-state index is 0.0738. The molecule has 1 aromatic rings. The van der Waals surface area contributed by atoms with Crippen LogP contribution in [0.25, 0.3) is 0 Å². The largest absolute Gasteiger partial charge is 0.459 e. The van der Waals surface area contributed by atoms with E-state index in [0.29, 0.717) is 5.56 Å². The number of ketones is 2. The summed E-state index contributed by atoms with van der Waals surface area (Å²) >= 11 is 0.